The van der Waals surface area contributed by atoms with E-state index in [9.17, 15) is 9.59 Å². The van der Waals surface area contributed by atoms with Crippen LogP contribution in [0.25, 0.3) is 5.65 Å². The zero-order valence-corrected chi connectivity index (χ0v) is 18.1. The lowest BCUT2D eigenvalue weighted by molar-refractivity contribution is -0.103. The highest BCUT2D eigenvalue weighted by molar-refractivity contribution is 5.95. The van der Waals surface area contributed by atoms with Crippen LogP contribution in [0.1, 0.15) is 73.3 Å². The number of pyridine rings is 1. The van der Waals surface area contributed by atoms with Crippen molar-refractivity contribution in [2.24, 2.45) is 23.2 Å². The highest BCUT2D eigenvalue weighted by Crippen LogP contribution is 2.61. The Balaban J connectivity index is 1.31. The van der Waals surface area contributed by atoms with Gasteiger partial charge in [-0.1, -0.05) is 19.9 Å². The number of carbonyl (C=O) groups is 2. The van der Waals surface area contributed by atoms with Crippen LogP contribution in [0.3, 0.4) is 0 Å². The number of nitrogens with one attached hydrogen (secondary N) is 1. The number of aromatic nitrogens is 2. The van der Waals surface area contributed by atoms with Gasteiger partial charge in [0.15, 0.2) is 0 Å². The number of hydrogen-bond donors (Lipinski definition) is 1. The SMILES string of the molecule is CC1(C)[C@H]2CC[C@@H](CNC(=O)c3cccc4nc(C(=O)N5CCCCC5)cn34)[C@H]1C2. The van der Waals surface area contributed by atoms with E-state index in [2.05, 4.69) is 24.1 Å². The molecule has 0 radical (unpaired) electrons. The number of hydrogen-bond acceptors (Lipinski definition) is 3. The van der Waals surface area contributed by atoms with Crippen LogP contribution in [0, 0.1) is 23.2 Å². The molecule has 2 aromatic rings. The molecule has 6 heteroatoms. The minimum Gasteiger partial charge on any atom is -0.350 e. The zero-order valence-electron chi connectivity index (χ0n) is 18.1. The molecule has 4 aliphatic rings. The molecule has 2 amide bonds. The Morgan fingerprint density at radius 3 is 2.70 bits per heavy atom. The molecular weight excluding hydrogens is 376 g/mol. The Kier molecular flexibility index (Phi) is 4.83. The number of imidazole rings is 1. The van der Waals surface area contributed by atoms with E-state index in [1.165, 1.54) is 25.7 Å². The Bertz CT molecular complexity index is 971. The first-order valence-corrected chi connectivity index (χ1v) is 11.5. The second-order valence-corrected chi connectivity index (χ2v) is 10.0. The lowest BCUT2D eigenvalue weighted by Gasteiger charge is -2.60. The highest BCUT2D eigenvalue weighted by Gasteiger charge is 2.53. The quantitative estimate of drug-likeness (QED) is 0.838. The average Bonchev–Trinajstić information content (AvgIpc) is 3.22. The molecule has 3 aliphatic carbocycles. The largest absolute Gasteiger partial charge is 0.350 e. The second-order valence-electron chi connectivity index (χ2n) is 10.0. The van der Waals surface area contributed by atoms with E-state index < -0.39 is 0 Å². The summed E-state index contributed by atoms with van der Waals surface area (Å²) in [6.07, 6.45) is 8.80. The van der Waals surface area contributed by atoms with Crippen LogP contribution in [-0.4, -0.2) is 45.7 Å². The van der Waals surface area contributed by atoms with E-state index in [1.807, 2.05) is 23.1 Å². The number of piperidine rings is 1. The Hall–Kier alpha value is -2.37. The van der Waals surface area contributed by atoms with Gasteiger partial charge in [0.25, 0.3) is 11.8 Å². The van der Waals surface area contributed by atoms with Crippen LogP contribution in [0.5, 0.6) is 0 Å². The van der Waals surface area contributed by atoms with E-state index in [4.69, 9.17) is 0 Å². The first-order chi connectivity index (χ1) is 14.4. The van der Waals surface area contributed by atoms with E-state index in [1.54, 1.807) is 10.6 Å². The molecule has 4 fully saturated rings. The van der Waals surface area contributed by atoms with Gasteiger partial charge in [0.1, 0.15) is 17.0 Å². The molecule has 0 unspecified atom stereocenters. The molecule has 3 atom stereocenters. The lowest BCUT2D eigenvalue weighted by atomic mass is 9.45. The van der Waals surface area contributed by atoms with Crippen molar-refractivity contribution in [3.05, 3.63) is 35.8 Å². The molecule has 160 valence electrons. The molecule has 30 heavy (non-hydrogen) atoms. The number of fused-ring (bicyclic) bond motifs is 3. The normalized spacial score (nSPS) is 27.5. The molecule has 3 saturated carbocycles. The van der Waals surface area contributed by atoms with Crippen LogP contribution in [0.15, 0.2) is 24.4 Å². The van der Waals surface area contributed by atoms with Gasteiger partial charge < -0.3 is 10.2 Å². The molecule has 1 aliphatic heterocycles. The summed E-state index contributed by atoms with van der Waals surface area (Å²) >= 11 is 0. The van der Waals surface area contributed by atoms with Crippen molar-refractivity contribution < 1.29 is 9.59 Å². The Morgan fingerprint density at radius 1 is 1.17 bits per heavy atom. The first kappa shape index (κ1) is 19.6. The predicted molar refractivity (Wildman–Crippen MR) is 115 cm³/mol. The summed E-state index contributed by atoms with van der Waals surface area (Å²) in [5.74, 6) is 2.02. The molecule has 0 spiro atoms. The molecule has 2 aromatic heterocycles. The monoisotopic (exact) mass is 408 g/mol. The van der Waals surface area contributed by atoms with Crippen molar-refractivity contribution in [1.29, 1.82) is 0 Å². The summed E-state index contributed by atoms with van der Waals surface area (Å²) in [5, 5.41) is 3.17. The van der Waals surface area contributed by atoms with Crippen molar-refractivity contribution in [1.82, 2.24) is 19.6 Å². The predicted octanol–water partition coefficient (Wildman–Crippen LogP) is 3.76. The molecule has 2 bridgehead atoms. The van der Waals surface area contributed by atoms with Gasteiger partial charge in [-0.2, -0.15) is 0 Å². The van der Waals surface area contributed by atoms with Crippen LogP contribution >= 0.6 is 0 Å². The minimum atomic E-state index is -0.0887. The number of nitrogens with zero attached hydrogens (tertiary/aromatic N) is 3. The number of carbonyl (C=O) groups excluding carboxylic acids is 2. The third kappa shape index (κ3) is 3.21. The lowest BCUT2D eigenvalue weighted by Crippen LogP contribution is -2.54. The fraction of sp³-hybridized carbons (Fsp3) is 0.625. The van der Waals surface area contributed by atoms with Crippen LogP contribution in [0.2, 0.25) is 0 Å². The van der Waals surface area contributed by atoms with E-state index in [-0.39, 0.29) is 11.8 Å². The van der Waals surface area contributed by atoms with Crippen LogP contribution in [-0.2, 0) is 0 Å². The second kappa shape index (κ2) is 7.40. The highest BCUT2D eigenvalue weighted by atomic mass is 16.2. The van der Waals surface area contributed by atoms with Crippen molar-refractivity contribution in [2.75, 3.05) is 19.6 Å². The van der Waals surface area contributed by atoms with Crippen molar-refractivity contribution in [3.8, 4) is 0 Å². The summed E-state index contributed by atoms with van der Waals surface area (Å²) in [7, 11) is 0. The number of likely N-dealkylation sites (tertiary alicyclic amines) is 1. The van der Waals surface area contributed by atoms with Gasteiger partial charge in [0.2, 0.25) is 0 Å². The van der Waals surface area contributed by atoms with E-state index in [0.29, 0.717) is 34.3 Å². The third-order valence-electron chi connectivity index (χ3n) is 8.11. The van der Waals surface area contributed by atoms with Gasteiger partial charge in [-0.25, -0.2) is 4.98 Å². The van der Waals surface area contributed by atoms with E-state index >= 15 is 0 Å². The molecule has 3 heterocycles. The molecule has 1 N–H and O–H groups in total. The van der Waals surface area contributed by atoms with Gasteiger partial charge >= 0.3 is 0 Å². The molecular formula is C24H32N4O2. The fourth-order valence-corrected chi connectivity index (χ4v) is 6.08. The van der Waals surface area contributed by atoms with Crippen molar-refractivity contribution in [2.45, 2.75) is 52.4 Å². The zero-order chi connectivity index (χ0) is 20.9. The van der Waals surface area contributed by atoms with Gasteiger partial charge in [0, 0.05) is 25.8 Å². The fourth-order valence-electron chi connectivity index (χ4n) is 6.08. The summed E-state index contributed by atoms with van der Waals surface area (Å²) in [5.41, 5.74) is 2.02. The maximum Gasteiger partial charge on any atom is 0.274 e. The van der Waals surface area contributed by atoms with Crippen LogP contribution in [0.4, 0.5) is 0 Å². The molecule has 6 rings (SSSR count). The number of rotatable bonds is 4. The minimum absolute atomic E-state index is 0.0336. The van der Waals surface area contributed by atoms with Crippen molar-refractivity contribution >= 4 is 17.5 Å². The third-order valence-corrected chi connectivity index (χ3v) is 8.11. The van der Waals surface area contributed by atoms with Gasteiger partial charge in [-0.15, -0.1) is 0 Å². The van der Waals surface area contributed by atoms with E-state index in [0.717, 1.165) is 38.4 Å². The standard InChI is InChI=1S/C24H32N4O2/c1-24(2)17-10-9-16(18(24)13-17)14-25-22(29)20-7-6-8-21-26-19(15-28(20)21)23(30)27-11-4-3-5-12-27/h6-8,15-18H,3-5,9-14H2,1-2H3,(H,25,29)/t16-,17-,18+/m0/s1. The molecule has 6 nitrogen and oxygen atoms in total. The maximum atomic E-state index is 13.0. The smallest absolute Gasteiger partial charge is 0.274 e. The summed E-state index contributed by atoms with van der Waals surface area (Å²) in [4.78, 5) is 32.2. The Morgan fingerprint density at radius 2 is 1.97 bits per heavy atom. The summed E-state index contributed by atoms with van der Waals surface area (Å²) in [6.45, 7) is 7.07. The van der Waals surface area contributed by atoms with Gasteiger partial charge in [-0.3, -0.25) is 14.0 Å². The average molecular weight is 409 g/mol. The van der Waals surface area contributed by atoms with Crippen LogP contribution < -0.4 is 5.32 Å². The van der Waals surface area contributed by atoms with Gasteiger partial charge in [-0.05, 0) is 73.8 Å². The van der Waals surface area contributed by atoms with Crippen molar-refractivity contribution in [3.63, 3.8) is 0 Å². The van der Waals surface area contributed by atoms with Gasteiger partial charge in [0.05, 0.1) is 0 Å². The molecule has 0 aromatic carbocycles. The Labute approximate surface area is 178 Å². The first-order valence-electron chi connectivity index (χ1n) is 11.5. The maximum absolute atomic E-state index is 13.0. The molecule has 1 saturated heterocycles. The summed E-state index contributed by atoms with van der Waals surface area (Å²) in [6, 6.07) is 5.50. The summed E-state index contributed by atoms with van der Waals surface area (Å²) < 4.78 is 1.76. The number of amides is 2. The topological polar surface area (TPSA) is 66.7 Å².